The van der Waals surface area contributed by atoms with Gasteiger partial charge in [0.05, 0.1) is 0 Å². The van der Waals surface area contributed by atoms with Crippen LogP contribution >= 0.6 is 0 Å². The Labute approximate surface area is 138 Å². The fourth-order valence-corrected chi connectivity index (χ4v) is 2.88. The van der Waals surface area contributed by atoms with Crippen molar-refractivity contribution in [2.24, 2.45) is 5.92 Å². The first-order valence-electron chi connectivity index (χ1n) is 8.62. The van der Waals surface area contributed by atoms with Gasteiger partial charge in [0, 0.05) is 30.8 Å². The number of rotatable bonds is 3. The number of cyclic esters (lactones) is 1. The summed E-state index contributed by atoms with van der Waals surface area (Å²) in [5.41, 5.74) is 0.842. The van der Waals surface area contributed by atoms with Crippen LogP contribution < -0.4 is 0 Å². The molecular weight excluding hydrogens is 288 g/mol. The average Bonchev–Trinajstić information content (AvgIpc) is 2.88. The highest BCUT2D eigenvalue weighted by atomic mass is 16.5. The van der Waals surface area contributed by atoms with Crippen molar-refractivity contribution >= 4 is 11.8 Å². The van der Waals surface area contributed by atoms with Gasteiger partial charge in [-0.3, -0.25) is 9.59 Å². The Morgan fingerprint density at radius 1 is 1.22 bits per heavy atom. The Kier molecular flexibility index (Phi) is 7.05. The highest BCUT2D eigenvalue weighted by Gasteiger charge is 2.23. The summed E-state index contributed by atoms with van der Waals surface area (Å²) in [6, 6.07) is 0. The molecule has 0 saturated heterocycles. The molecule has 0 spiro atoms. The first-order valence-corrected chi connectivity index (χ1v) is 8.62. The van der Waals surface area contributed by atoms with E-state index in [1.54, 1.807) is 6.08 Å². The Hall–Kier alpha value is -1.90. The number of ether oxygens (including phenoxy) is 1. The molecule has 2 atom stereocenters. The summed E-state index contributed by atoms with van der Waals surface area (Å²) in [5, 5.41) is 0. The summed E-state index contributed by atoms with van der Waals surface area (Å²) in [6.45, 7) is 2.08. The molecule has 3 nitrogen and oxygen atoms in total. The van der Waals surface area contributed by atoms with E-state index in [1.807, 2.05) is 12.2 Å². The zero-order chi connectivity index (χ0) is 16.5. The fourth-order valence-electron chi connectivity index (χ4n) is 2.88. The number of ketones is 1. The second-order valence-corrected chi connectivity index (χ2v) is 6.05. The van der Waals surface area contributed by atoms with Crippen LogP contribution in [-0.2, 0) is 14.3 Å². The maximum absolute atomic E-state index is 12.0. The molecule has 0 radical (unpaired) electrons. The van der Waals surface area contributed by atoms with Crippen LogP contribution in [-0.4, -0.2) is 17.9 Å². The van der Waals surface area contributed by atoms with Crippen LogP contribution in [0, 0.1) is 5.92 Å². The second-order valence-electron chi connectivity index (χ2n) is 6.05. The molecule has 2 aliphatic rings. The van der Waals surface area contributed by atoms with Crippen molar-refractivity contribution in [3.63, 3.8) is 0 Å². The minimum Gasteiger partial charge on any atom is -0.462 e. The normalized spacial score (nSPS) is 29.9. The van der Waals surface area contributed by atoms with E-state index in [-0.39, 0.29) is 23.8 Å². The van der Waals surface area contributed by atoms with Crippen molar-refractivity contribution in [1.29, 1.82) is 0 Å². The third-order valence-corrected chi connectivity index (χ3v) is 4.17. The van der Waals surface area contributed by atoms with Crippen LogP contribution in [0.1, 0.15) is 51.9 Å². The van der Waals surface area contributed by atoms with Crippen LogP contribution in [0.3, 0.4) is 0 Å². The summed E-state index contributed by atoms with van der Waals surface area (Å²) in [7, 11) is 0. The minimum absolute atomic E-state index is 0.0902. The molecule has 3 heteroatoms. The van der Waals surface area contributed by atoms with E-state index < -0.39 is 0 Å². The van der Waals surface area contributed by atoms with Crippen LogP contribution in [0.25, 0.3) is 0 Å². The van der Waals surface area contributed by atoms with Crippen molar-refractivity contribution in [2.75, 3.05) is 0 Å². The number of carbonyl (C=O) groups excluding carboxylic acids is 2. The van der Waals surface area contributed by atoms with Gasteiger partial charge in [-0.05, 0) is 31.8 Å². The van der Waals surface area contributed by atoms with E-state index in [1.165, 1.54) is 0 Å². The smallest absolute Gasteiger partial charge is 0.306 e. The molecule has 1 aliphatic carbocycles. The Balaban J connectivity index is 2.12. The highest BCUT2D eigenvalue weighted by Crippen LogP contribution is 2.27. The molecule has 1 heterocycles. The van der Waals surface area contributed by atoms with Crippen molar-refractivity contribution in [3.8, 4) is 0 Å². The number of hydrogen-bond acceptors (Lipinski definition) is 3. The average molecular weight is 314 g/mol. The molecule has 0 aromatic heterocycles. The molecule has 0 bridgehead atoms. The van der Waals surface area contributed by atoms with Crippen LogP contribution in [0.15, 0.2) is 48.1 Å². The van der Waals surface area contributed by atoms with Crippen LogP contribution in [0.2, 0.25) is 0 Å². The molecule has 23 heavy (non-hydrogen) atoms. The topological polar surface area (TPSA) is 43.4 Å². The van der Waals surface area contributed by atoms with E-state index in [2.05, 4.69) is 31.2 Å². The molecule has 0 saturated carbocycles. The first kappa shape index (κ1) is 17.5. The van der Waals surface area contributed by atoms with E-state index in [4.69, 9.17) is 4.74 Å². The lowest BCUT2D eigenvalue weighted by atomic mass is 9.96. The fraction of sp³-hybridized carbons (Fsp3) is 0.500. The third-order valence-electron chi connectivity index (χ3n) is 4.17. The van der Waals surface area contributed by atoms with Gasteiger partial charge in [0.15, 0.2) is 5.78 Å². The van der Waals surface area contributed by atoms with E-state index in [9.17, 15) is 9.59 Å². The van der Waals surface area contributed by atoms with Gasteiger partial charge in [-0.15, -0.1) is 0 Å². The van der Waals surface area contributed by atoms with Crippen LogP contribution in [0.4, 0.5) is 0 Å². The van der Waals surface area contributed by atoms with E-state index in [0.29, 0.717) is 19.3 Å². The molecule has 0 amide bonds. The summed E-state index contributed by atoms with van der Waals surface area (Å²) < 4.78 is 5.60. The van der Waals surface area contributed by atoms with E-state index >= 15 is 0 Å². The van der Waals surface area contributed by atoms with Gasteiger partial charge >= 0.3 is 5.97 Å². The van der Waals surface area contributed by atoms with Crippen molar-refractivity contribution in [3.05, 3.63) is 48.1 Å². The zero-order valence-corrected chi connectivity index (χ0v) is 13.9. The Bertz CT molecular complexity index is 537. The monoisotopic (exact) mass is 314 g/mol. The van der Waals surface area contributed by atoms with Gasteiger partial charge in [0.1, 0.15) is 6.10 Å². The highest BCUT2D eigenvalue weighted by molar-refractivity contribution is 6.07. The molecule has 2 rings (SSSR count). The number of allylic oxidation sites excluding steroid dienone is 6. The van der Waals surface area contributed by atoms with Gasteiger partial charge < -0.3 is 4.74 Å². The van der Waals surface area contributed by atoms with Gasteiger partial charge in [-0.25, -0.2) is 0 Å². The van der Waals surface area contributed by atoms with Gasteiger partial charge in [0.25, 0.3) is 0 Å². The number of carbonyl (C=O) groups is 2. The predicted octanol–water partition coefficient (Wildman–Crippen LogP) is 4.46. The lowest BCUT2D eigenvalue weighted by molar-refractivity contribution is -0.148. The molecule has 124 valence electrons. The Morgan fingerprint density at radius 3 is 2.91 bits per heavy atom. The van der Waals surface area contributed by atoms with Crippen molar-refractivity contribution in [1.82, 2.24) is 0 Å². The number of esters is 1. The van der Waals surface area contributed by atoms with Crippen molar-refractivity contribution < 1.29 is 14.3 Å². The molecule has 0 unspecified atom stereocenters. The quantitative estimate of drug-likeness (QED) is 0.571. The lowest BCUT2D eigenvalue weighted by Crippen LogP contribution is -2.17. The largest absolute Gasteiger partial charge is 0.462 e. The molecule has 0 fully saturated rings. The van der Waals surface area contributed by atoms with E-state index in [0.717, 1.165) is 31.3 Å². The number of hydrogen-bond donors (Lipinski definition) is 0. The zero-order valence-electron chi connectivity index (χ0n) is 13.9. The number of fused-ring (bicyclic) bond motifs is 1. The standard InChI is InChI=1S/C20H26O3/c1-2-3-6-10-17-13-14-18-16(12-15-19(18)21)9-7-4-5-8-11-20(22)23-17/h3-4,6-7,12,14-17H,2,5,8-11,13H2,1H3/b6-3-,7-4-,18-14+/t16-,17-/m1/s1. The molecular formula is C20H26O3. The summed E-state index contributed by atoms with van der Waals surface area (Å²) >= 11 is 0. The first-order chi connectivity index (χ1) is 11.2. The summed E-state index contributed by atoms with van der Waals surface area (Å²) in [4.78, 5) is 24.0. The third kappa shape index (κ3) is 5.66. The SMILES string of the molecule is CC/C=C\C[C@@H]1C/C=C2/C(=O)C=C[C@H]2C/C=C\CCCC(=O)O1. The van der Waals surface area contributed by atoms with Gasteiger partial charge in [-0.2, -0.15) is 0 Å². The predicted molar refractivity (Wildman–Crippen MR) is 91.9 cm³/mol. The second kappa shape index (κ2) is 9.29. The van der Waals surface area contributed by atoms with Crippen LogP contribution in [0.5, 0.6) is 0 Å². The molecule has 1 aliphatic heterocycles. The molecule has 0 aromatic rings. The van der Waals surface area contributed by atoms with Gasteiger partial charge in [-0.1, -0.05) is 43.4 Å². The summed E-state index contributed by atoms with van der Waals surface area (Å²) in [6.07, 6.45) is 19.0. The lowest BCUT2D eigenvalue weighted by Gasteiger charge is -2.16. The molecule has 0 N–H and O–H groups in total. The minimum atomic E-state index is -0.180. The Morgan fingerprint density at radius 2 is 2.09 bits per heavy atom. The molecule has 0 aromatic carbocycles. The maximum atomic E-state index is 12.0. The van der Waals surface area contributed by atoms with Crippen molar-refractivity contribution in [2.45, 2.75) is 58.0 Å². The maximum Gasteiger partial charge on any atom is 0.306 e. The van der Waals surface area contributed by atoms with Gasteiger partial charge in [0.2, 0.25) is 0 Å². The summed E-state index contributed by atoms with van der Waals surface area (Å²) in [5.74, 6) is 0.118.